The third kappa shape index (κ3) is 5.05. The number of likely N-dealkylation sites (tertiary alicyclic amines) is 1. The van der Waals surface area contributed by atoms with E-state index in [4.69, 9.17) is 9.72 Å². The van der Waals surface area contributed by atoms with Gasteiger partial charge in [-0.3, -0.25) is 14.7 Å². The van der Waals surface area contributed by atoms with E-state index in [0.29, 0.717) is 13.2 Å². The van der Waals surface area contributed by atoms with E-state index in [2.05, 4.69) is 22.4 Å². The number of carboxylic acid groups (broad SMARTS) is 1. The third-order valence-electron chi connectivity index (χ3n) is 6.92. The fourth-order valence-electron chi connectivity index (χ4n) is 5.16. The number of hydrogen-bond donors (Lipinski definition) is 2. The molecule has 2 aliphatic rings. The fourth-order valence-corrected chi connectivity index (χ4v) is 5.16. The second kappa shape index (κ2) is 10.5. The Morgan fingerprint density at radius 2 is 2.18 bits per heavy atom. The molecule has 178 valence electrons. The molecule has 7 nitrogen and oxygen atoms in total. The average Bonchev–Trinajstić information content (AvgIpc) is 3.32. The lowest BCUT2D eigenvalue weighted by atomic mass is 9.99. The molecule has 2 aromatic heterocycles. The largest absolute Gasteiger partial charge is 0.480 e. The van der Waals surface area contributed by atoms with Crippen LogP contribution in [0.15, 0.2) is 48.8 Å². The Hall–Kier alpha value is -3.03. The van der Waals surface area contributed by atoms with Gasteiger partial charge in [-0.1, -0.05) is 24.3 Å². The zero-order valence-electron chi connectivity index (χ0n) is 19.4. The summed E-state index contributed by atoms with van der Waals surface area (Å²) in [4.78, 5) is 23.2. The Kier molecular flexibility index (Phi) is 7.02. The number of aliphatic carboxylic acids is 1. The van der Waals surface area contributed by atoms with Crippen molar-refractivity contribution in [3.63, 3.8) is 0 Å². The van der Waals surface area contributed by atoms with Crippen LogP contribution >= 0.6 is 0 Å². The van der Waals surface area contributed by atoms with Gasteiger partial charge in [-0.15, -0.1) is 0 Å². The van der Waals surface area contributed by atoms with Crippen LogP contribution in [0.4, 0.5) is 5.82 Å². The van der Waals surface area contributed by atoms with Gasteiger partial charge < -0.3 is 15.2 Å². The molecule has 0 aliphatic carbocycles. The zero-order valence-corrected chi connectivity index (χ0v) is 19.4. The van der Waals surface area contributed by atoms with Crippen molar-refractivity contribution < 1.29 is 14.6 Å². The highest BCUT2D eigenvalue weighted by molar-refractivity contribution is 5.90. The van der Waals surface area contributed by atoms with E-state index in [-0.39, 0.29) is 6.10 Å². The number of nitrogens with one attached hydrogen (secondary N) is 1. The SMILES string of the molecule is O=C(O)C(c1cccc2cnccc12)N1CC[C@@H](OCCCCc2ccc3c(n2)NCCC3)C1. The van der Waals surface area contributed by atoms with Crippen molar-refractivity contribution in [3.8, 4) is 0 Å². The zero-order chi connectivity index (χ0) is 23.3. The first kappa shape index (κ1) is 22.7. The summed E-state index contributed by atoms with van der Waals surface area (Å²) in [5, 5.41) is 15.4. The van der Waals surface area contributed by atoms with Gasteiger partial charge in [0.1, 0.15) is 11.9 Å². The molecular weight excluding hydrogens is 428 g/mol. The van der Waals surface area contributed by atoms with Crippen LogP contribution in [0.25, 0.3) is 10.8 Å². The van der Waals surface area contributed by atoms with Gasteiger partial charge in [-0.2, -0.15) is 0 Å². The number of fused-ring (bicyclic) bond motifs is 2. The molecule has 0 radical (unpaired) electrons. The number of benzene rings is 1. The van der Waals surface area contributed by atoms with Gasteiger partial charge in [0.2, 0.25) is 0 Å². The third-order valence-corrected chi connectivity index (χ3v) is 6.92. The van der Waals surface area contributed by atoms with Crippen LogP contribution in [0.2, 0.25) is 0 Å². The predicted octanol–water partition coefficient (Wildman–Crippen LogP) is 4.23. The second-order valence-electron chi connectivity index (χ2n) is 9.26. The normalized spacial score (nSPS) is 19.0. The molecule has 2 aliphatic heterocycles. The number of nitrogens with zero attached hydrogens (tertiary/aromatic N) is 3. The minimum atomic E-state index is -0.822. The Labute approximate surface area is 200 Å². The van der Waals surface area contributed by atoms with Crippen molar-refractivity contribution in [2.45, 2.75) is 50.7 Å². The summed E-state index contributed by atoms with van der Waals surface area (Å²) < 4.78 is 6.14. The maximum Gasteiger partial charge on any atom is 0.325 e. The summed E-state index contributed by atoms with van der Waals surface area (Å²) in [6.07, 6.45) is 9.68. The van der Waals surface area contributed by atoms with Crippen molar-refractivity contribution >= 4 is 22.6 Å². The predicted molar refractivity (Wildman–Crippen MR) is 132 cm³/mol. The van der Waals surface area contributed by atoms with Gasteiger partial charge in [0, 0.05) is 49.7 Å². The summed E-state index contributed by atoms with van der Waals surface area (Å²) in [7, 11) is 0. The molecular formula is C27H32N4O3. The maximum atomic E-state index is 12.3. The Balaban J connectivity index is 1.12. The summed E-state index contributed by atoms with van der Waals surface area (Å²) in [6, 6.07) is 11.4. The summed E-state index contributed by atoms with van der Waals surface area (Å²) >= 11 is 0. The van der Waals surface area contributed by atoms with E-state index >= 15 is 0 Å². The van der Waals surface area contributed by atoms with Crippen LogP contribution in [0.1, 0.15) is 48.5 Å². The van der Waals surface area contributed by atoms with E-state index in [0.717, 1.165) is 73.0 Å². The molecule has 2 N–H and O–H groups in total. The lowest BCUT2D eigenvalue weighted by Crippen LogP contribution is -2.33. The highest BCUT2D eigenvalue weighted by Gasteiger charge is 2.34. The van der Waals surface area contributed by atoms with Crippen LogP contribution < -0.4 is 5.32 Å². The minimum absolute atomic E-state index is 0.0737. The number of aryl methyl sites for hydroxylation is 2. The summed E-state index contributed by atoms with van der Waals surface area (Å²) in [5.74, 6) is 0.235. The van der Waals surface area contributed by atoms with Crippen LogP contribution in [-0.4, -0.2) is 58.3 Å². The lowest BCUT2D eigenvalue weighted by Gasteiger charge is -2.25. The smallest absolute Gasteiger partial charge is 0.325 e. The van der Waals surface area contributed by atoms with Gasteiger partial charge >= 0.3 is 5.97 Å². The molecule has 1 unspecified atom stereocenters. The van der Waals surface area contributed by atoms with Crippen LogP contribution in [0.3, 0.4) is 0 Å². The summed E-state index contributed by atoms with van der Waals surface area (Å²) in [5.41, 5.74) is 3.28. The Bertz CT molecular complexity index is 1150. The Morgan fingerprint density at radius 1 is 1.24 bits per heavy atom. The summed E-state index contributed by atoms with van der Waals surface area (Å²) in [6.45, 7) is 3.06. The molecule has 1 fully saturated rings. The Morgan fingerprint density at radius 3 is 3.09 bits per heavy atom. The average molecular weight is 461 g/mol. The van der Waals surface area contributed by atoms with Crippen molar-refractivity contribution in [3.05, 3.63) is 65.6 Å². The van der Waals surface area contributed by atoms with Crippen LogP contribution in [0.5, 0.6) is 0 Å². The fraction of sp³-hybridized carbons (Fsp3) is 0.444. The molecule has 1 aromatic carbocycles. The van der Waals surface area contributed by atoms with E-state index in [1.165, 1.54) is 12.0 Å². The molecule has 0 amide bonds. The van der Waals surface area contributed by atoms with Gasteiger partial charge in [-0.25, -0.2) is 4.98 Å². The molecule has 2 atom stereocenters. The molecule has 0 bridgehead atoms. The quantitative estimate of drug-likeness (QED) is 0.462. The number of ether oxygens (including phenoxy) is 1. The highest BCUT2D eigenvalue weighted by atomic mass is 16.5. The number of carbonyl (C=O) groups is 1. The van der Waals surface area contributed by atoms with Crippen molar-refractivity contribution in [2.75, 3.05) is 31.6 Å². The number of pyridine rings is 2. The number of aromatic nitrogens is 2. The van der Waals surface area contributed by atoms with Crippen molar-refractivity contribution in [1.82, 2.24) is 14.9 Å². The number of unbranched alkanes of at least 4 members (excludes halogenated alkanes) is 1. The first-order valence-electron chi connectivity index (χ1n) is 12.3. The molecule has 4 heterocycles. The molecule has 0 spiro atoms. The highest BCUT2D eigenvalue weighted by Crippen LogP contribution is 2.31. The second-order valence-corrected chi connectivity index (χ2v) is 9.26. The van der Waals surface area contributed by atoms with Crippen LogP contribution in [-0.2, 0) is 22.4 Å². The van der Waals surface area contributed by atoms with E-state index < -0.39 is 12.0 Å². The lowest BCUT2D eigenvalue weighted by molar-refractivity contribution is -0.143. The first-order valence-corrected chi connectivity index (χ1v) is 12.3. The molecule has 34 heavy (non-hydrogen) atoms. The number of rotatable bonds is 9. The minimum Gasteiger partial charge on any atom is -0.480 e. The first-order chi connectivity index (χ1) is 16.7. The van der Waals surface area contributed by atoms with E-state index in [9.17, 15) is 9.90 Å². The molecule has 5 rings (SSSR count). The number of hydrogen-bond acceptors (Lipinski definition) is 6. The van der Waals surface area contributed by atoms with Crippen LogP contribution in [0, 0.1) is 0 Å². The number of carboxylic acids is 1. The maximum absolute atomic E-state index is 12.3. The van der Waals surface area contributed by atoms with Gasteiger partial charge in [0.25, 0.3) is 0 Å². The van der Waals surface area contributed by atoms with E-state index in [1.807, 2.05) is 29.2 Å². The number of anilines is 1. The van der Waals surface area contributed by atoms with E-state index in [1.54, 1.807) is 12.4 Å². The van der Waals surface area contributed by atoms with Gasteiger partial charge in [0.05, 0.1) is 6.10 Å². The standard InChI is InChI=1S/C27H32N4O3/c32-27(33)25(24-8-3-5-20-17-28-14-11-23(20)24)31-15-12-22(18-31)34-16-2-1-7-21-10-9-19-6-4-13-29-26(19)30-21/h3,5,8-11,14,17,22,25H,1-2,4,6-7,12-13,15-16,18H2,(H,29,30)(H,32,33)/t22-,25?/m1/s1. The van der Waals surface area contributed by atoms with Gasteiger partial charge in [-0.05, 0) is 67.2 Å². The molecule has 3 aromatic rings. The molecule has 7 heteroatoms. The van der Waals surface area contributed by atoms with Gasteiger partial charge in [0.15, 0.2) is 0 Å². The van der Waals surface area contributed by atoms with Crippen molar-refractivity contribution in [1.29, 1.82) is 0 Å². The van der Waals surface area contributed by atoms with Crippen molar-refractivity contribution in [2.24, 2.45) is 0 Å². The monoisotopic (exact) mass is 460 g/mol. The topological polar surface area (TPSA) is 87.6 Å². The molecule has 0 saturated carbocycles. The molecule has 1 saturated heterocycles.